The maximum absolute atomic E-state index is 11.9. The van der Waals surface area contributed by atoms with E-state index in [0.717, 1.165) is 4.47 Å². The van der Waals surface area contributed by atoms with Crippen LogP contribution in [-0.2, 0) is 0 Å². The minimum absolute atomic E-state index is 0.236. The van der Waals surface area contributed by atoms with Gasteiger partial charge in [0.15, 0.2) is 0 Å². The number of nitrogens with two attached hydrogens (primary N) is 1. The molecule has 1 amide bonds. The molecule has 0 spiro atoms. The highest BCUT2D eigenvalue weighted by Gasteiger charge is 2.12. The molecule has 0 atom stereocenters. The van der Waals surface area contributed by atoms with E-state index in [1.807, 2.05) is 0 Å². The number of hydrogen-bond donors (Lipinski definition) is 3. The highest BCUT2D eigenvalue weighted by atomic mass is 79.9. The van der Waals surface area contributed by atoms with E-state index >= 15 is 0 Å². The number of nitrogen functional groups attached to an aromatic ring is 1. The van der Waals surface area contributed by atoms with Crippen molar-refractivity contribution in [1.29, 1.82) is 0 Å². The van der Waals surface area contributed by atoms with Crippen molar-refractivity contribution in [1.82, 2.24) is 10.2 Å². The highest BCUT2D eigenvalue weighted by Crippen LogP contribution is 2.28. The third kappa shape index (κ3) is 2.45. The number of rotatable bonds is 3. The van der Waals surface area contributed by atoms with Gasteiger partial charge in [0.1, 0.15) is 17.1 Å². The van der Waals surface area contributed by atoms with E-state index in [-0.39, 0.29) is 11.7 Å². The van der Waals surface area contributed by atoms with Crippen molar-refractivity contribution >= 4 is 33.3 Å². The second-order valence-electron chi connectivity index (χ2n) is 3.50. The SMILES string of the molecule is COc1ccc(NC(=O)c2cn[nH]c2N)cc1Br. The zero-order chi connectivity index (χ0) is 13.1. The Morgan fingerprint density at radius 2 is 2.33 bits per heavy atom. The number of amides is 1. The van der Waals surface area contributed by atoms with Gasteiger partial charge in [-0.05, 0) is 34.1 Å². The standard InChI is InChI=1S/C11H11BrN4O2/c1-18-9-3-2-6(4-8(9)12)15-11(17)7-5-14-16-10(7)13/h2-5H,1H3,(H,15,17)(H3,13,14,16). The summed E-state index contributed by atoms with van der Waals surface area (Å²) in [4.78, 5) is 11.9. The molecule has 0 aliphatic carbocycles. The lowest BCUT2D eigenvalue weighted by Crippen LogP contribution is -2.12. The summed E-state index contributed by atoms with van der Waals surface area (Å²) in [6, 6.07) is 5.23. The fraction of sp³-hybridized carbons (Fsp3) is 0.0909. The molecule has 18 heavy (non-hydrogen) atoms. The number of benzene rings is 1. The van der Waals surface area contributed by atoms with Crippen LogP contribution < -0.4 is 15.8 Å². The fourth-order valence-electron chi connectivity index (χ4n) is 1.42. The van der Waals surface area contributed by atoms with Crippen LogP contribution in [0.2, 0.25) is 0 Å². The lowest BCUT2D eigenvalue weighted by Gasteiger charge is -2.07. The normalized spacial score (nSPS) is 10.1. The zero-order valence-corrected chi connectivity index (χ0v) is 11.1. The van der Waals surface area contributed by atoms with Crippen molar-refractivity contribution in [2.24, 2.45) is 0 Å². The summed E-state index contributed by atoms with van der Waals surface area (Å²) in [5.41, 5.74) is 6.50. The lowest BCUT2D eigenvalue weighted by molar-refractivity contribution is 0.102. The number of carbonyl (C=O) groups is 1. The first-order valence-corrected chi connectivity index (χ1v) is 5.85. The van der Waals surface area contributed by atoms with Crippen molar-refractivity contribution in [3.05, 3.63) is 34.4 Å². The molecule has 6 nitrogen and oxygen atoms in total. The summed E-state index contributed by atoms with van der Waals surface area (Å²) in [6.07, 6.45) is 1.38. The Bertz CT molecular complexity index is 582. The minimum atomic E-state index is -0.321. The van der Waals surface area contributed by atoms with Gasteiger partial charge in [-0.25, -0.2) is 0 Å². The second kappa shape index (κ2) is 5.09. The van der Waals surface area contributed by atoms with E-state index in [4.69, 9.17) is 10.5 Å². The van der Waals surface area contributed by atoms with Crippen LogP contribution in [-0.4, -0.2) is 23.2 Å². The van der Waals surface area contributed by atoms with Crippen LogP contribution in [0.4, 0.5) is 11.5 Å². The van der Waals surface area contributed by atoms with Crippen molar-refractivity contribution < 1.29 is 9.53 Å². The number of hydrogen-bond acceptors (Lipinski definition) is 4. The van der Waals surface area contributed by atoms with Crippen LogP contribution in [0, 0.1) is 0 Å². The van der Waals surface area contributed by atoms with Crippen molar-refractivity contribution in [3.8, 4) is 5.75 Å². The Balaban J connectivity index is 2.17. The molecule has 1 aromatic heterocycles. The van der Waals surface area contributed by atoms with E-state index in [9.17, 15) is 4.79 Å². The number of ether oxygens (including phenoxy) is 1. The largest absolute Gasteiger partial charge is 0.496 e. The van der Waals surface area contributed by atoms with Gasteiger partial charge in [-0.15, -0.1) is 0 Å². The molecule has 2 rings (SSSR count). The second-order valence-corrected chi connectivity index (χ2v) is 4.36. The van der Waals surface area contributed by atoms with Gasteiger partial charge in [0.05, 0.1) is 17.8 Å². The molecule has 0 saturated heterocycles. The number of methoxy groups -OCH3 is 1. The monoisotopic (exact) mass is 310 g/mol. The number of nitrogens with one attached hydrogen (secondary N) is 2. The Morgan fingerprint density at radius 1 is 1.56 bits per heavy atom. The summed E-state index contributed by atoms with van der Waals surface area (Å²) >= 11 is 3.34. The smallest absolute Gasteiger partial charge is 0.261 e. The summed E-state index contributed by atoms with van der Waals surface area (Å²) in [7, 11) is 1.57. The van der Waals surface area contributed by atoms with Gasteiger partial charge >= 0.3 is 0 Å². The minimum Gasteiger partial charge on any atom is -0.496 e. The van der Waals surface area contributed by atoms with Gasteiger partial charge in [-0.2, -0.15) is 5.10 Å². The first-order valence-electron chi connectivity index (χ1n) is 5.05. The number of halogens is 1. The van der Waals surface area contributed by atoms with Crippen LogP contribution in [0.3, 0.4) is 0 Å². The molecule has 0 bridgehead atoms. The van der Waals surface area contributed by atoms with Gasteiger partial charge in [-0.1, -0.05) is 0 Å². The topological polar surface area (TPSA) is 93.0 Å². The number of H-pyrrole nitrogens is 1. The third-order valence-corrected chi connectivity index (χ3v) is 2.94. The van der Waals surface area contributed by atoms with Crippen LogP contribution in [0.25, 0.3) is 0 Å². The zero-order valence-electron chi connectivity index (χ0n) is 9.53. The molecule has 4 N–H and O–H groups in total. The summed E-state index contributed by atoms with van der Waals surface area (Å²) < 4.78 is 5.85. The van der Waals surface area contributed by atoms with Crippen LogP contribution in [0.1, 0.15) is 10.4 Å². The molecule has 7 heteroatoms. The molecule has 0 saturated carbocycles. The summed E-state index contributed by atoms with van der Waals surface area (Å²) in [5, 5.41) is 8.90. The van der Waals surface area contributed by atoms with Crippen LogP contribution in [0.15, 0.2) is 28.9 Å². The summed E-state index contributed by atoms with van der Waals surface area (Å²) in [5.74, 6) is 0.606. The van der Waals surface area contributed by atoms with Crippen molar-refractivity contribution in [2.75, 3.05) is 18.2 Å². The predicted octanol–water partition coefficient (Wildman–Crippen LogP) is 2.02. The van der Waals surface area contributed by atoms with E-state index < -0.39 is 0 Å². The molecular weight excluding hydrogens is 300 g/mol. The number of carbonyl (C=O) groups excluding carboxylic acids is 1. The van der Waals surface area contributed by atoms with Crippen LogP contribution >= 0.6 is 15.9 Å². The lowest BCUT2D eigenvalue weighted by atomic mass is 10.2. The van der Waals surface area contributed by atoms with Gasteiger partial charge < -0.3 is 15.8 Å². The Morgan fingerprint density at radius 3 is 2.89 bits per heavy atom. The molecule has 2 aromatic rings. The molecule has 0 aliphatic rings. The molecule has 0 fully saturated rings. The Labute approximate surface area is 112 Å². The van der Waals surface area contributed by atoms with Gasteiger partial charge in [0, 0.05) is 5.69 Å². The van der Waals surface area contributed by atoms with E-state index in [0.29, 0.717) is 17.0 Å². The predicted molar refractivity (Wildman–Crippen MR) is 71.6 cm³/mol. The average molecular weight is 311 g/mol. The Kier molecular flexibility index (Phi) is 3.52. The molecule has 1 aromatic carbocycles. The quantitative estimate of drug-likeness (QED) is 0.808. The van der Waals surface area contributed by atoms with E-state index in [1.54, 1.807) is 25.3 Å². The molecule has 94 valence electrons. The average Bonchev–Trinajstić information content (AvgIpc) is 2.76. The first kappa shape index (κ1) is 12.4. The molecule has 0 aliphatic heterocycles. The Hall–Kier alpha value is -2.02. The maximum Gasteiger partial charge on any atom is 0.261 e. The summed E-state index contributed by atoms with van der Waals surface area (Å²) in [6.45, 7) is 0. The molecular formula is C11H11BrN4O2. The van der Waals surface area contributed by atoms with Crippen LogP contribution in [0.5, 0.6) is 5.75 Å². The van der Waals surface area contributed by atoms with Gasteiger partial charge in [-0.3, -0.25) is 9.89 Å². The number of aromatic amines is 1. The highest BCUT2D eigenvalue weighted by molar-refractivity contribution is 9.10. The van der Waals surface area contributed by atoms with Gasteiger partial charge in [0.25, 0.3) is 5.91 Å². The fourth-order valence-corrected chi connectivity index (χ4v) is 1.96. The van der Waals surface area contributed by atoms with Gasteiger partial charge in [0.2, 0.25) is 0 Å². The molecule has 1 heterocycles. The number of aromatic nitrogens is 2. The van der Waals surface area contributed by atoms with E-state index in [2.05, 4.69) is 31.4 Å². The van der Waals surface area contributed by atoms with Crippen molar-refractivity contribution in [3.63, 3.8) is 0 Å². The number of nitrogens with zero attached hydrogens (tertiary/aromatic N) is 1. The maximum atomic E-state index is 11.9. The number of anilines is 2. The molecule has 0 unspecified atom stereocenters. The van der Waals surface area contributed by atoms with Crippen molar-refractivity contribution in [2.45, 2.75) is 0 Å². The first-order chi connectivity index (χ1) is 8.61. The third-order valence-electron chi connectivity index (χ3n) is 2.32. The molecule has 0 radical (unpaired) electrons. The van der Waals surface area contributed by atoms with E-state index in [1.165, 1.54) is 6.20 Å².